The van der Waals surface area contributed by atoms with Gasteiger partial charge in [-0.15, -0.1) is 0 Å². The quantitative estimate of drug-likeness (QED) is 0.488. The summed E-state index contributed by atoms with van der Waals surface area (Å²) >= 11 is 0. The number of guanidine groups is 1. The molecule has 0 spiro atoms. The van der Waals surface area contributed by atoms with Crippen LogP contribution in [0.1, 0.15) is 22.8 Å². The SMILES string of the molecule is CCNC(=NCCS(=O)c1ccccc1)NCCc1cccc(C(=O)N(C)C)c1. The van der Waals surface area contributed by atoms with Crippen LogP contribution in [-0.4, -0.2) is 60.5 Å². The maximum Gasteiger partial charge on any atom is 0.253 e. The van der Waals surface area contributed by atoms with Crippen LogP contribution < -0.4 is 10.6 Å². The molecule has 0 saturated carbocycles. The van der Waals surface area contributed by atoms with E-state index in [4.69, 9.17) is 0 Å². The molecular formula is C22H30N4O2S. The van der Waals surface area contributed by atoms with E-state index >= 15 is 0 Å². The molecule has 0 heterocycles. The normalized spacial score (nSPS) is 12.3. The van der Waals surface area contributed by atoms with E-state index in [-0.39, 0.29) is 5.91 Å². The number of rotatable bonds is 9. The Morgan fingerprint density at radius 1 is 1.07 bits per heavy atom. The van der Waals surface area contributed by atoms with Gasteiger partial charge in [-0.05, 0) is 43.2 Å². The fourth-order valence-corrected chi connectivity index (χ4v) is 3.67. The number of hydrogen-bond acceptors (Lipinski definition) is 3. The summed E-state index contributed by atoms with van der Waals surface area (Å²) in [5.41, 5.74) is 1.78. The van der Waals surface area contributed by atoms with Crippen molar-refractivity contribution in [2.24, 2.45) is 4.99 Å². The molecule has 156 valence electrons. The van der Waals surface area contributed by atoms with Crippen molar-refractivity contribution in [2.45, 2.75) is 18.2 Å². The molecule has 0 aliphatic heterocycles. The second kappa shape index (κ2) is 12.0. The number of carbonyl (C=O) groups is 1. The average Bonchev–Trinajstić information content (AvgIpc) is 2.74. The summed E-state index contributed by atoms with van der Waals surface area (Å²) < 4.78 is 12.3. The van der Waals surface area contributed by atoms with E-state index < -0.39 is 10.8 Å². The van der Waals surface area contributed by atoms with Crippen LogP contribution in [0.25, 0.3) is 0 Å². The van der Waals surface area contributed by atoms with Crippen molar-refractivity contribution in [3.05, 3.63) is 65.7 Å². The molecule has 2 N–H and O–H groups in total. The van der Waals surface area contributed by atoms with Gasteiger partial charge in [0.1, 0.15) is 0 Å². The number of amides is 1. The van der Waals surface area contributed by atoms with Crippen LogP contribution in [0.15, 0.2) is 64.5 Å². The Morgan fingerprint density at radius 2 is 1.83 bits per heavy atom. The molecule has 1 amide bonds. The number of benzene rings is 2. The Bertz CT molecular complexity index is 838. The number of nitrogens with zero attached hydrogens (tertiary/aromatic N) is 2. The predicted molar refractivity (Wildman–Crippen MR) is 120 cm³/mol. The molecule has 2 aromatic carbocycles. The second-order valence-corrected chi connectivity index (χ2v) is 8.27. The van der Waals surface area contributed by atoms with E-state index in [1.165, 1.54) is 0 Å². The summed E-state index contributed by atoms with van der Waals surface area (Å²) in [6.07, 6.45) is 0.773. The van der Waals surface area contributed by atoms with Crippen molar-refractivity contribution >= 4 is 22.7 Å². The van der Waals surface area contributed by atoms with Crippen molar-refractivity contribution in [1.82, 2.24) is 15.5 Å². The molecule has 2 aromatic rings. The van der Waals surface area contributed by atoms with Gasteiger partial charge in [0, 0.05) is 43.4 Å². The third-order valence-corrected chi connectivity index (χ3v) is 5.53. The van der Waals surface area contributed by atoms with Crippen molar-refractivity contribution in [1.29, 1.82) is 0 Å². The van der Waals surface area contributed by atoms with Gasteiger partial charge in [0.05, 0.1) is 17.3 Å². The highest BCUT2D eigenvalue weighted by Crippen LogP contribution is 2.08. The highest BCUT2D eigenvalue weighted by Gasteiger charge is 2.08. The minimum Gasteiger partial charge on any atom is -0.357 e. The van der Waals surface area contributed by atoms with E-state index in [0.29, 0.717) is 30.4 Å². The van der Waals surface area contributed by atoms with E-state index in [2.05, 4.69) is 15.6 Å². The fourth-order valence-electron chi connectivity index (χ4n) is 2.72. The summed E-state index contributed by atoms with van der Waals surface area (Å²) in [6, 6.07) is 17.1. The molecule has 0 aliphatic rings. The monoisotopic (exact) mass is 414 g/mol. The van der Waals surface area contributed by atoms with E-state index in [1.807, 2.05) is 61.5 Å². The van der Waals surface area contributed by atoms with Crippen molar-refractivity contribution in [3.8, 4) is 0 Å². The van der Waals surface area contributed by atoms with Crippen LogP contribution in [0.2, 0.25) is 0 Å². The molecule has 1 atom stereocenters. The zero-order chi connectivity index (χ0) is 21.1. The van der Waals surface area contributed by atoms with Gasteiger partial charge in [0.15, 0.2) is 5.96 Å². The zero-order valence-corrected chi connectivity index (χ0v) is 18.2. The molecule has 6 nitrogen and oxygen atoms in total. The largest absolute Gasteiger partial charge is 0.357 e. The smallest absolute Gasteiger partial charge is 0.253 e. The van der Waals surface area contributed by atoms with Crippen molar-refractivity contribution in [3.63, 3.8) is 0 Å². The first-order valence-electron chi connectivity index (χ1n) is 9.77. The summed E-state index contributed by atoms with van der Waals surface area (Å²) in [6.45, 7) is 3.92. The number of aliphatic imine (C=N–C) groups is 1. The van der Waals surface area contributed by atoms with Gasteiger partial charge in [-0.3, -0.25) is 14.0 Å². The molecule has 0 radical (unpaired) electrons. The molecule has 0 saturated heterocycles. The number of hydrogen-bond donors (Lipinski definition) is 2. The van der Waals surface area contributed by atoms with Crippen molar-refractivity contribution < 1.29 is 9.00 Å². The average molecular weight is 415 g/mol. The van der Waals surface area contributed by atoms with Crippen LogP contribution in [-0.2, 0) is 17.2 Å². The molecule has 0 bridgehead atoms. The van der Waals surface area contributed by atoms with Crippen LogP contribution in [0.3, 0.4) is 0 Å². The number of carbonyl (C=O) groups excluding carboxylic acids is 1. The minimum absolute atomic E-state index is 0.00104. The molecule has 29 heavy (non-hydrogen) atoms. The van der Waals surface area contributed by atoms with Gasteiger partial charge in [0.2, 0.25) is 0 Å². The summed E-state index contributed by atoms with van der Waals surface area (Å²) in [5.74, 6) is 1.19. The van der Waals surface area contributed by atoms with Gasteiger partial charge in [-0.25, -0.2) is 0 Å². The van der Waals surface area contributed by atoms with Crippen LogP contribution in [0.5, 0.6) is 0 Å². The number of nitrogens with one attached hydrogen (secondary N) is 2. The lowest BCUT2D eigenvalue weighted by atomic mass is 10.1. The summed E-state index contributed by atoms with van der Waals surface area (Å²) in [4.78, 5) is 19.0. The van der Waals surface area contributed by atoms with Gasteiger partial charge >= 0.3 is 0 Å². The Labute approximate surface area is 175 Å². The van der Waals surface area contributed by atoms with E-state index in [9.17, 15) is 9.00 Å². The predicted octanol–water partition coefficient (Wildman–Crippen LogP) is 2.29. The Balaban J connectivity index is 1.86. The van der Waals surface area contributed by atoms with E-state index in [0.717, 1.165) is 23.4 Å². The molecule has 0 fully saturated rings. The molecule has 1 unspecified atom stereocenters. The Morgan fingerprint density at radius 3 is 2.52 bits per heavy atom. The lowest BCUT2D eigenvalue weighted by Crippen LogP contribution is -2.38. The Hall–Kier alpha value is -2.67. The molecule has 7 heteroatoms. The first kappa shape index (κ1) is 22.6. The van der Waals surface area contributed by atoms with Gasteiger partial charge in [0.25, 0.3) is 5.91 Å². The molecule has 0 aromatic heterocycles. The van der Waals surface area contributed by atoms with Crippen molar-refractivity contribution in [2.75, 3.05) is 39.5 Å². The second-order valence-electron chi connectivity index (χ2n) is 6.70. The molecular weight excluding hydrogens is 384 g/mol. The maximum atomic E-state index is 12.3. The van der Waals surface area contributed by atoms with Gasteiger partial charge in [-0.1, -0.05) is 30.3 Å². The lowest BCUT2D eigenvalue weighted by molar-refractivity contribution is 0.0827. The lowest BCUT2D eigenvalue weighted by Gasteiger charge is -2.13. The topological polar surface area (TPSA) is 73.8 Å². The van der Waals surface area contributed by atoms with Crippen LogP contribution >= 0.6 is 0 Å². The first-order chi connectivity index (χ1) is 14.0. The highest BCUT2D eigenvalue weighted by atomic mass is 32.2. The van der Waals surface area contributed by atoms with Gasteiger partial charge < -0.3 is 15.5 Å². The standard InChI is InChI=1S/C22H30N4O2S/c1-4-23-22(25-15-16-29(28)20-11-6-5-7-12-20)24-14-13-18-9-8-10-19(17-18)21(27)26(2)3/h5-12,17H,4,13-16H2,1-3H3,(H2,23,24,25). The van der Waals surface area contributed by atoms with Crippen LogP contribution in [0.4, 0.5) is 0 Å². The van der Waals surface area contributed by atoms with E-state index in [1.54, 1.807) is 19.0 Å². The fraction of sp³-hybridized carbons (Fsp3) is 0.364. The van der Waals surface area contributed by atoms with Crippen LogP contribution in [0, 0.1) is 0 Å². The first-order valence-corrected chi connectivity index (χ1v) is 11.1. The van der Waals surface area contributed by atoms with Gasteiger partial charge in [-0.2, -0.15) is 0 Å². The summed E-state index contributed by atoms with van der Waals surface area (Å²) in [5, 5.41) is 6.50. The molecule has 2 rings (SSSR count). The zero-order valence-electron chi connectivity index (χ0n) is 17.4. The molecule has 0 aliphatic carbocycles. The highest BCUT2D eigenvalue weighted by molar-refractivity contribution is 7.85. The Kier molecular flexibility index (Phi) is 9.37. The maximum absolute atomic E-state index is 12.3. The third-order valence-electron chi connectivity index (χ3n) is 4.18. The third kappa shape index (κ3) is 7.69. The minimum atomic E-state index is -1.05. The summed E-state index contributed by atoms with van der Waals surface area (Å²) in [7, 11) is 2.45.